The van der Waals surface area contributed by atoms with E-state index in [-0.39, 0.29) is 6.03 Å². The lowest BCUT2D eigenvalue weighted by atomic mass is 10.3. The number of imidazole rings is 1. The van der Waals surface area contributed by atoms with E-state index >= 15 is 0 Å². The molecule has 0 fully saturated rings. The summed E-state index contributed by atoms with van der Waals surface area (Å²) in [4.78, 5) is 15.7. The zero-order valence-electron chi connectivity index (χ0n) is 12.8. The van der Waals surface area contributed by atoms with Gasteiger partial charge in [0.15, 0.2) is 0 Å². The van der Waals surface area contributed by atoms with Crippen LogP contribution in [-0.4, -0.2) is 28.7 Å². The van der Waals surface area contributed by atoms with Gasteiger partial charge in [0.05, 0.1) is 12.9 Å². The van der Waals surface area contributed by atoms with Crippen LogP contribution in [0.25, 0.3) is 0 Å². The average molecular weight is 302 g/mol. The molecule has 6 heteroatoms. The molecule has 0 unspecified atom stereocenters. The molecule has 0 spiro atoms. The molecule has 22 heavy (non-hydrogen) atoms. The summed E-state index contributed by atoms with van der Waals surface area (Å²) in [5.74, 6) is 0.799. The quantitative estimate of drug-likeness (QED) is 0.737. The first-order valence-corrected chi connectivity index (χ1v) is 7.51. The van der Waals surface area contributed by atoms with Crippen molar-refractivity contribution in [3.63, 3.8) is 0 Å². The minimum absolute atomic E-state index is 0.188. The van der Waals surface area contributed by atoms with Gasteiger partial charge in [-0.1, -0.05) is 0 Å². The highest BCUT2D eigenvalue weighted by Gasteiger charge is 2.01. The molecule has 1 aromatic carbocycles. The molecule has 0 saturated heterocycles. The lowest BCUT2D eigenvalue weighted by Crippen LogP contribution is -2.29. The fraction of sp³-hybridized carbons (Fsp3) is 0.375. The zero-order chi connectivity index (χ0) is 15.6. The minimum atomic E-state index is -0.188. The van der Waals surface area contributed by atoms with Gasteiger partial charge >= 0.3 is 6.03 Å². The standard InChI is InChI=1S/C16H22N4O2/c1-2-22-15-7-5-14(6-8-15)19-16(21)18-9-3-4-11-20-12-10-17-13-20/h5-8,10,12-13H,2-4,9,11H2,1H3,(H2,18,19,21). The number of benzene rings is 1. The third kappa shape index (κ3) is 5.47. The third-order valence-electron chi connectivity index (χ3n) is 3.11. The molecule has 0 bridgehead atoms. The summed E-state index contributed by atoms with van der Waals surface area (Å²) in [5, 5.41) is 5.64. The maximum Gasteiger partial charge on any atom is 0.319 e. The highest BCUT2D eigenvalue weighted by Crippen LogP contribution is 2.15. The molecule has 1 heterocycles. The van der Waals surface area contributed by atoms with E-state index in [1.54, 1.807) is 12.5 Å². The van der Waals surface area contributed by atoms with Crippen LogP contribution in [0.15, 0.2) is 43.0 Å². The zero-order valence-corrected chi connectivity index (χ0v) is 12.8. The highest BCUT2D eigenvalue weighted by atomic mass is 16.5. The number of ether oxygens (including phenoxy) is 1. The van der Waals surface area contributed by atoms with Crippen molar-refractivity contribution in [2.24, 2.45) is 0 Å². The normalized spacial score (nSPS) is 10.2. The fourth-order valence-corrected chi connectivity index (χ4v) is 2.02. The predicted octanol–water partition coefficient (Wildman–Crippen LogP) is 2.88. The van der Waals surface area contributed by atoms with Crippen molar-refractivity contribution >= 4 is 11.7 Å². The third-order valence-corrected chi connectivity index (χ3v) is 3.11. The summed E-state index contributed by atoms with van der Waals surface area (Å²) in [6.45, 7) is 4.14. The second-order valence-corrected chi connectivity index (χ2v) is 4.85. The van der Waals surface area contributed by atoms with E-state index in [9.17, 15) is 4.79 Å². The molecule has 6 nitrogen and oxygen atoms in total. The minimum Gasteiger partial charge on any atom is -0.494 e. The van der Waals surface area contributed by atoms with Gasteiger partial charge in [-0.05, 0) is 44.0 Å². The summed E-state index contributed by atoms with van der Waals surface area (Å²) in [5.41, 5.74) is 0.749. The van der Waals surface area contributed by atoms with Crippen LogP contribution in [0.3, 0.4) is 0 Å². The van der Waals surface area contributed by atoms with Gasteiger partial charge in [0, 0.05) is 31.2 Å². The number of nitrogens with zero attached hydrogens (tertiary/aromatic N) is 2. The van der Waals surface area contributed by atoms with Gasteiger partial charge in [0.2, 0.25) is 0 Å². The van der Waals surface area contributed by atoms with Gasteiger partial charge in [0.1, 0.15) is 5.75 Å². The van der Waals surface area contributed by atoms with E-state index in [0.717, 1.165) is 30.8 Å². The van der Waals surface area contributed by atoms with Gasteiger partial charge in [-0.25, -0.2) is 9.78 Å². The van der Waals surface area contributed by atoms with Crippen molar-refractivity contribution in [1.82, 2.24) is 14.9 Å². The van der Waals surface area contributed by atoms with E-state index in [1.807, 2.05) is 42.0 Å². The van der Waals surface area contributed by atoms with Crippen molar-refractivity contribution < 1.29 is 9.53 Å². The molecule has 0 atom stereocenters. The van der Waals surface area contributed by atoms with E-state index < -0.39 is 0 Å². The number of amides is 2. The maximum atomic E-state index is 11.7. The number of unbranched alkanes of at least 4 members (excludes halogenated alkanes) is 1. The molecular formula is C16H22N4O2. The monoisotopic (exact) mass is 302 g/mol. The number of carbonyl (C=O) groups excluding carboxylic acids is 1. The van der Waals surface area contributed by atoms with Gasteiger partial charge in [-0.2, -0.15) is 0 Å². The number of carbonyl (C=O) groups is 1. The first kappa shape index (κ1) is 15.9. The SMILES string of the molecule is CCOc1ccc(NC(=O)NCCCCn2ccnc2)cc1. The number of anilines is 1. The average Bonchev–Trinajstić information content (AvgIpc) is 3.02. The Kier molecular flexibility index (Phi) is 6.29. The molecule has 0 saturated carbocycles. The highest BCUT2D eigenvalue weighted by molar-refractivity contribution is 5.89. The lowest BCUT2D eigenvalue weighted by Gasteiger charge is -2.09. The smallest absolute Gasteiger partial charge is 0.319 e. The van der Waals surface area contributed by atoms with E-state index in [1.165, 1.54) is 0 Å². The number of aromatic nitrogens is 2. The Morgan fingerprint density at radius 1 is 1.27 bits per heavy atom. The predicted molar refractivity (Wildman–Crippen MR) is 86.1 cm³/mol. The van der Waals surface area contributed by atoms with Crippen LogP contribution in [0.2, 0.25) is 0 Å². The van der Waals surface area contributed by atoms with Gasteiger partial charge in [0.25, 0.3) is 0 Å². The molecule has 0 radical (unpaired) electrons. The van der Waals surface area contributed by atoms with Crippen LogP contribution in [0.1, 0.15) is 19.8 Å². The summed E-state index contributed by atoms with van der Waals surface area (Å²) in [6.07, 6.45) is 7.43. The Labute approximate surface area is 130 Å². The topological polar surface area (TPSA) is 68.2 Å². The molecule has 1 aromatic heterocycles. The molecule has 0 aliphatic rings. The molecular weight excluding hydrogens is 280 g/mol. The number of hydrogen-bond acceptors (Lipinski definition) is 3. The lowest BCUT2D eigenvalue weighted by molar-refractivity contribution is 0.252. The van der Waals surface area contributed by atoms with Crippen LogP contribution in [-0.2, 0) is 6.54 Å². The Morgan fingerprint density at radius 2 is 2.09 bits per heavy atom. The molecule has 0 aliphatic heterocycles. The van der Waals surface area contributed by atoms with E-state index in [0.29, 0.717) is 13.2 Å². The maximum absolute atomic E-state index is 11.7. The van der Waals surface area contributed by atoms with E-state index in [2.05, 4.69) is 15.6 Å². The summed E-state index contributed by atoms with van der Waals surface area (Å²) < 4.78 is 7.38. The van der Waals surface area contributed by atoms with Gasteiger partial charge in [-0.3, -0.25) is 0 Å². The summed E-state index contributed by atoms with van der Waals surface area (Å²) in [6, 6.07) is 7.13. The summed E-state index contributed by atoms with van der Waals surface area (Å²) >= 11 is 0. The first-order chi connectivity index (χ1) is 10.8. The van der Waals surface area contributed by atoms with Crippen LogP contribution in [0, 0.1) is 0 Å². The molecule has 2 aromatic rings. The Morgan fingerprint density at radius 3 is 2.77 bits per heavy atom. The Balaban J connectivity index is 1.60. The molecule has 2 amide bonds. The number of hydrogen-bond donors (Lipinski definition) is 2. The van der Waals surface area contributed by atoms with Crippen molar-refractivity contribution in [2.45, 2.75) is 26.3 Å². The van der Waals surface area contributed by atoms with Crippen molar-refractivity contribution in [3.05, 3.63) is 43.0 Å². The number of rotatable bonds is 8. The largest absolute Gasteiger partial charge is 0.494 e. The second-order valence-electron chi connectivity index (χ2n) is 4.85. The van der Waals surface area contributed by atoms with E-state index in [4.69, 9.17) is 4.74 Å². The molecule has 118 valence electrons. The number of nitrogens with one attached hydrogen (secondary N) is 2. The summed E-state index contributed by atoms with van der Waals surface area (Å²) in [7, 11) is 0. The van der Waals surface area contributed by atoms with Crippen LogP contribution in [0.5, 0.6) is 5.75 Å². The van der Waals surface area contributed by atoms with Crippen LogP contribution >= 0.6 is 0 Å². The van der Waals surface area contributed by atoms with Gasteiger partial charge in [-0.15, -0.1) is 0 Å². The van der Waals surface area contributed by atoms with Crippen LogP contribution in [0.4, 0.5) is 10.5 Å². The first-order valence-electron chi connectivity index (χ1n) is 7.51. The molecule has 2 rings (SSSR count). The Hall–Kier alpha value is -2.50. The number of urea groups is 1. The van der Waals surface area contributed by atoms with Crippen LogP contribution < -0.4 is 15.4 Å². The van der Waals surface area contributed by atoms with Gasteiger partial charge < -0.3 is 19.9 Å². The number of aryl methyl sites for hydroxylation is 1. The second kappa shape index (κ2) is 8.71. The van der Waals surface area contributed by atoms with Crippen molar-refractivity contribution in [1.29, 1.82) is 0 Å². The van der Waals surface area contributed by atoms with Crippen molar-refractivity contribution in [2.75, 3.05) is 18.5 Å². The molecule has 2 N–H and O–H groups in total. The fourth-order valence-electron chi connectivity index (χ4n) is 2.02. The Bertz CT molecular complexity index is 552. The molecule has 0 aliphatic carbocycles. The van der Waals surface area contributed by atoms with Crippen molar-refractivity contribution in [3.8, 4) is 5.75 Å².